The van der Waals surface area contributed by atoms with Gasteiger partial charge in [0.05, 0.1) is 0 Å². The summed E-state index contributed by atoms with van der Waals surface area (Å²) in [5.74, 6) is 2.59. The third-order valence-corrected chi connectivity index (χ3v) is 2.26. The van der Waals surface area contributed by atoms with Crippen molar-refractivity contribution in [1.29, 1.82) is 0 Å². The number of hydrogen-bond donors (Lipinski definition) is 3. The van der Waals surface area contributed by atoms with Gasteiger partial charge in [-0.25, -0.2) is 4.79 Å². The van der Waals surface area contributed by atoms with Gasteiger partial charge in [-0.15, -0.1) is 12.3 Å². The number of terminal acetylenes is 1. The van der Waals surface area contributed by atoms with E-state index >= 15 is 0 Å². The number of aromatic nitrogens is 2. The Kier molecular flexibility index (Phi) is 4.40. The summed E-state index contributed by atoms with van der Waals surface area (Å²) in [6, 6.07) is 0. The Morgan fingerprint density at radius 3 is 2.82 bits per heavy atom. The van der Waals surface area contributed by atoms with Crippen LogP contribution in [0.15, 0.2) is 9.59 Å². The molecule has 0 saturated carbocycles. The first-order valence-corrected chi connectivity index (χ1v) is 5.41. The lowest BCUT2D eigenvalue weighted by Crippen LogP contribution is -2.34. The van der Waals surface area contributed by atoms with Crippen LogP contribution in [0.3, 0.4) is 0 Å². The molecule has 0 aliphatic heterocycles. The maximum absolute atomic E-state index is 11.5. The van der Waals surface area contributed by atoms with Crippen molar-refractivity contribution in [2.75, 3.05) is 17.6 Å². The Bertz CT molecular complexity index is 536. The predicted molar refractivity (Wildman–Crippen MR) is 68.0 cm³/mol. The van der Waals surface area contributed by atoms with Crippen LogP contribution >= 0.6 is 0 Å². The average molecular weight is 236 g/mol. The molecule has 0 radical (unpaired) electrons. The van der Waals surface area contributed by atoms with Gasteiger partial charge in [0.2, 0.25) is 0 Å². The van der Waals surface area contributed by atoms with Crippen LogP contribution in [0.4, 0.5) is 11.5 Å². The minimum atomic E-state index is -0.517. The highest BCUT2D eigenvalue weighted by atomic mass is 16.2. The van der Waals surface area contributed by atoms with E-state index in [0.29, 0.717) is 19.5 Å². The minimum Gasteiger partial charge on any atom is -0.383 e. The maximum Gasteiger partial charge on any atom is 0.330 e. The summed E-state index contributed by atoms with van der Waals surface area (Å²) in [5, 5.41) is 2.84. The Hall–Kier alpha value is -2.16. The van der Waals surface area contributed by atoms with Gasteiger partial charge >= 0.3 is 5.69 Å². The average Bonchev–Trinajstić information content (AvgIpc) is 2.29. The molecule has 1 aromatic rings. The van der Waals surface area contributed by atoms with Crippen molar-refractivity contribution < 1.29 is 0 Å². The van der Waals surface area contributed by atoms with Crippen LogP contribution in [0.1, 0.15) is 19.8 Å². The number of H-pyrrole nitrogens is 1. The van der Waals surface area contributed by atoms with Crippen LogP contribution in [0.2, 0.25) is 0 Å². The second-order valence-electron chi connectivity index (χ2n) is 3.55. The number of anilines is 2. The third-order valence-electron chi connectivity index (χ3n) is 2.26. The molecular formula is C11H16N4O2. The summed E-state index contributed by atoms with van der Waals surface area (Å²) in [5.41, 5.74) is 4.98. The smallest absolute Gasteiger partial charge is 0.330 e. The summed E-state index contributed by atoms with van der Waals surface area (Å²) in [4.78, 5) is 25.3. The van der Waals surface area contributed by atoms with Gasteiger partial charge in [0, 0.05) is 19.5 Å². The van der Waals surface area contributed by atoms with Crippen LogP contribution in [-0.4, -0.2) is 16.1 Å². The molecule has 4 N–H and O–H groups in total. The van der Waals surface area contributed by atoms with Crippen molar-refractivity contribution in [2.45, 2.75) is 26.3 Å². The molecule has 6 heteroatoms. The molecular weight excluding hydrogens is 220 g/mol. The molecule has 0 aliphatic carbocycles. The molecule has 0 unspecified atom stereocenters. The zero-order chi connectivity index (χ0) is 12.8. The van der Waals surface area contributed by atoms with Crippen LogP contribution < -0.4 is 22.3 Å². The molecule has 1 rings (SSSR count). The van der Waals surface area contributed by atoms with Crippen molar-refractivity contribution in [2.24, 2.45) is 0 Å². The Morgan fingerprint density at radius 1 is 1.53 bits per heavy atom. The molecule has 0 bridgehead atoms. The molecule has 0 atom stereocenters. The van der Waals surface area contributed by atoms with Gasteiger partial charge in [-0.3, -0.25) is 14.3 Å². The fourth-order valence-electron chi connectivity index (χ4n) is 1.46. The van der Waals surface area contributed by atoms with E-state index in [1.165, 1.54) is 4.57 Å². The van der Waals surface area contributed by atoms with Crippen molar-refractivity contribution in [3.63, 3.8) is 0 Å². The standard InChI is InChI=1S/C11H16N4O2/c1-3-5-6-13-8-9(12)15(7-4-2)11(17)14-10(8)16/h1,13H,4-7,12H2,2H3,(H,14,16,17). The number of nitrogens with one attached hydrogen (secondary N) is 2. The van der Waals surface area contributed by atoms with E-state index < -0.39 is 11.2 Å². The predicted octanol–water partition coefficient (Wildman–Crippen LogP) is -0.0360. The first-order valence-electron chi connectivity index (χ1n) is 5.41. The number of nitrogens with zero attached hydrogens (tertiary/aromatic N) is 1. The lowest BCUT2D eigenvalue weighted by molar-refractivity contribution is 0.642. The highest BCUT2D eigenvalue weighted by molar-refractivity contribution is 5.60. The number of aromatic amines is 1. The molecule has 0 aliphatic rings. The van der Waals surface area contributed by atoms with Gasteiger partial charge in [0.15, 0.2) is 0 Å². The number of hydrogen-bond acceptors (Lipinski definition) is 4. The zero-order valence-electron chi connectivity index (χ0n) is 9.75. The van der Waals surface area contributed by atoms with Crippen molar-refractivity contribution in [1.82, 2.24) is 9.55 Å². The van der Waals surface area contributed by atoms with E-state index in [9.17, 15) is 9.59 Å². The maximum atomic E-state index is 11.5. The Labute approximate surface area is 98.8 Å². The first kappa shape index (κ1) is 12.9. The summed E-state index contributed by atoms with van der Waals surface area (Å²) in [6.07, 6.45) is 6.34. The van der Waals surface area contributed by atoms with Crippen molar-refractivity contribution in [3.8, 4) is 12.3 Å². The Balaban J connectivity index is 3.13. The molecule has 0 saturated heterocycles. The van der Waals surface area contributed by atoms with Gasteiger partial charge < -0.3 is 11.1 Å². The van der Waals surface area contributed by atoms with E-state index in [1.807, 2.05) is 6.92 Å². The van der Waals surface area contributed by atoms with Crippen LogP contribution in [0.25, 0.3) is 0 Å². The second-order valence-corrected chi connectivity index (χ2v) is 3.55. The molecule has 6 nitrogen and oxygen atoms in total. The number of nitrogens with two attached hydrogens (primary N) is 1. The fourth-order valence-corrected chi connectivity index (χ4v) is 1.46. The molecule has 1 aromatic heterocycles. The molecule has 0 aromatic carbocycles. The SMILES string of the molecule is C#CCCNc1c(N)n(CCC)c(=O)[nH]c1=O. The normalized spacial score (nSPS) is 9.88. The van der Waals surface area contributed by atoms with E-state index in [0.717, 1.165) is 6.42 Å². The first-order chi connectivity index (χ1) is 8.11. The summed E-state index contributed by atoms with van der Waals surface area (Å²) < 4.78 is 1.33. The largest absolute Gasteiger partial charge is 0.383 e. The fraction of sp³-hybridized carbons (Fsp3) is 0.455. The minimum absolute atomic E-state index is 0.151. The lowest BCUT2D eigenvalue weighted by atomic mass is 10.3. The van der Waals surface area contributed by atoms with Gasteiger partial charge in [-0.2, -0.15) is 0 Å². The molecule has 1 heterocycles. The second kappa shape index (κ2) is 5.80. The quantitative estimate of drug-likeness (QED) is 0.494. The molecule has 0 amide bonds. The molecule has 0 fully saturated rings. The third kappa shape index (κ3) is 2.91. The molecule has 17 heavy (non-hydrogen) atoms. The lowest BCUT2D eigenvalue weighted by Gasteiger charge is -2.12. The van der Waals surface area contributed by atoms with Gasteiger partial charge in [-0.1, -0.05) is 6.92 Å². The van der Waals surface area contributed by atoms with E-state index in [4.69, 9.17) is 12.2 Å². The van der Waals surface area contributed by atoms with Crippen LogP contribution in [-0.2, 0) is 6.54 Å². The van der Waals surface area contributed by atoms with E-state index in [2.05, 4.69) is 16.2 Å². The molecule has 92 valence electrons. The number of rotatable bonds is 5. The van der Waals surface area contributed by atoms with Crippen molar-refractivity contribution in [3.05, 3.63) is 20.8 Å². The van der Waals surface area contributed by atoms with Gasteiger partial charge in [0.1, 0.15) is 11.5 Å². The summed E-state index contributed by atoms with van der Waals surface area (Å²) >= 11 is 0. The topological polar surface area (TPSA) is 92.9 Å². The van der Waals surface area contributed by atoms with Gasteiger partial charge in [-0.05, 0) is 6.42 Å². The van der Waals surface area contributed by atoms with Crippen molar-refractivity contribution >= 4 is 11.5 Å². The summed E-state index contributed by atoms with van der Waals surface area (Å²) in [6.45, 7) is 2.82. The highest BCUT2D eigenvalue weighted by Gasteiger charge is 2.10. The van der Waals surface area contributed by atoms with Gasteiger partial charge in [0.25, 0.3) is 5.56 Å². The van der Waals surface area contributed by atoms with E-state index in [1.54, 1.807) is 0 Å². The van der Waals surface area contributed by atoms with Crippen LogP contribution in [0.5, 0.6) is 0 Å². The summed E-state index contributed by atoms with van der Waals surface area (Å²) in [7, 11) is 0. The molecule has 0 spiro atoms. The zero-order valence-corrected chi connectivity index (χ0v) is 9.75. The van der Waals surface area contributed by atoms with Crippen LogP contribution in [0, 0.1) is 12.3 Å². The monoisotopic (exact) mass is 236 g/mol. The van der Waals surface area contributed by atoms with E-state index in [-0.39, 0.29) is 11.5 Å². The highest BCUT2D eigenvalue weighted by Crippen LogP contribution is 2.09. The number of nitrogen functional groups attached to an aromatic ring is 1. The Morgan fingerprint density at radius 2 is 2.24 bits per heavy atom.